The standard InChI is InChI=1S/C25H27NO3/c1-25-13-12-20-19-9-7-18(29-24(28)15-2-5-17(26)6-3-15)14-16(19)4-8-21(20)22(25)10-11-23(25)27/h2-3,5-7,9,14,20-22H,4,8,10-13,26H2,1H3/t20-,21+,22-,25+/m0/s1. The van der Waals surface area contributed by atoms with Crippen molar-refractivity contribution in [2.45, 2.75) is 51.4 Å². The maximum atomic E-state index is 12.5. The van der Waals surface area contributed by atoms with E-state index in [0.717, 1.165) is 38.5 Å². The first-order valence-electron chi connectivity index (χ1n) is 10.7. The zero-order valence-corrected chi connectivity index (χ0v) is 16.8. The lowest BCUT2D eigenvalue weighted by Gasteiger charge is -2.48. The summed E-state index contributed by atoms with van der Waals surface area (Å²) in [6, 6.07) is 12.9. The molecular formula is C25H27NO3. The number of carbonyl (C=O) groups is 2. The van der Waals surface area contributed by atoms with Gasteiger partial charge in [0, 0.05) is 17.5 Å². The number of benzene rings is 2. The van der Waals surface area contributed by atoms with Crippen molar-refractivity contribution in [3.63, 3.8) is 0 Å². The summed E-state index contributed by atoms with van der Waals surface area (Å²) in [7, 11) is 0. The van der Waals surface area contributed by atoms with Crippen LogP contribution in [-0.4, -0.2) is 11.8 Å². The molecule has 0 aliphatic heterocycles. The molecule has 0 amide bonds. The number of esters is 1. The van der Waals surface area contributed by atoms with Gasteiger partial charge in [-0.25, -0.2) is 4.79 Å². The van der Waals surface area contributed by atoms with Crippen LogP contribution in [0.25, 0.3) is 0 Å². The van der Waals surface area contributed by atoms with E-state index in [1.54, 1.807) is 24.3 Å². The van der Waals surface area contributed by atoms with Crippen molar-refractivity contribution in [3.05, 3.63) is 59.2 Å². The van der Waals surface area contributed by atoms with Gasteiger partial charge in [0.15, 0.2) is 0 Å². The Morgan fingerprint density at radius 2 is 1.86 bits per heavy atom. The minimum atomic E-state index is -0.364. The zero-order valence-electron chi connectivity index (χ0n) is 16.8. The van der Waals surface area contributed by atoms with E-state index in [4.69, 9.17) is 10.5 Å². The number of ketones is 1. The molecule has 0 heterocycles. The van der Waals surface area contributed by atoms with Crippen molar-refractivity contribution in [3.8, 4) is 5.75 Å². The van der Waals surface area contributed by atoms with E-state index in [-0.39, 0.29) is 11.4 Å². The SMILES string of the molecule is C[C@@]12CC[C@H]3c4ccc(OC(=O)c5ccc(N)cc5)cc4CC[C@H]3[C@@H]1CCC2=O. The lowest BCUT2D eigenvalue weighted by Crippen LogP contribution is -2.42. The van der Waals surface area contributed by atoms with Gasteiger partial charge < -0.3 is 10.5 Å². The molecule has 3 aliphatic rings. The van der Waals surface area contributed by atoms with Crippen LogP contribution < -0.4 is 10.5 Å². The predicted molar refractivity (Wildman–Crippen MR) is 112 cm³/mol. The highest BCUT2D eigenvalue weighted by molar-refractivity contribution is 5.91. The molecule has 29 heavy (non-hydrogen) atoms. The van der Waals surface area contributed by atoms with Crippen molar-refractivity contribution in [1.29, 1.82) is 0 Å². The molecule has 150 valence electrons. The molecular weight excluding hydrogens is 362 g/mol. The van der Waals surface area contributed by atoms with E-state index in [9.17, 15) is 9.59 Å². The summed E-state index contributed by atoms with van der Waals surface area (Å²) in [5, 5.41) is 0. The first kappa shape index (κ1) is 18.4. The number of hydrogen-bond donors (Lipinski definition) is 1. The monoisotopic (exact) mass is 389 g/mol. The molecule has 2 N–H and O–H groups in total. The van der Waals surface area contributed by atoms with Crippen LogP contribution in [0.4, 0.5) is 5.69 Å². The second-order valence-electron chi connectivity index (χ2n) is 9.21. The third-order valence-corrected chi connectivity index (χ3v) is 7.76. The van der Waals surface area contributed by atoms with Gasteiger partial charge in [-0.2, -0.15) is 0 Å². The van der Waals surface area contributed by atoms with E-state index >= 15 is 0 Å². The molecule has 4 nitrogen and oxygen atoms in total. The first-order chi connectivity index (χ1) is 14.0. The van der Waals surface area contributed by atoms with Crippen molar-refractivity contribution < 1.29 is 14.3 Å². The quantitative estimate of drug-likeness (QED) is 0.450. The average Bonchev–Trinajstić information content (AvgIpc) is 3.03. The third-order valence-electron chi connectivity index (χ3n) is 7.76. The summed E-state index contributed by atoms with van der Waals surface area (Å²) in [6.45, 7) is 2.21. The number of nitrogens with two attached hydrogens (primary N) is 1. The van der Waals surface area contributed by atoms with Crippen LogP contribution in [0.2, 0.25) is 0 Å². The summed E-state index contributed by atoms with van der Waals surface area (Å²) in [5.74, 6) is 2.39. The summed E-state index contributed by atoms with van der Waals surface area (Å²) >= 11 is 0. The molecule has 4 atom stereocenters. The Morgan fingerprint density at radius 3 is 2.66 bits per heavy atom. The molecule has 0 bridgehead atoms. The average molecular weight is 389 g/mol. The fourth-order valence-electron chi connectivity index (χ4n) is 6.18. The van der Waals surface area contributed by atoms with Crippen LogP contribution in [0.5, 0.6) is 5.75 Å². The van der Waals surface area contributed by atoms with E-state index < -0.39 is 0 Å². The molecule has 2 aromatic carbocycles. The van der Waals surface area contributed by atoms with Crippen molar-refractivity contribution in [1.82, 2.24) is 0 Å². The second kappa shape index (κ2) is 6.72. The van der Waals surface area contributed by atoms with Gasteiger partial charge in [-0.1, -0.05) is 13.0 Å². The number of nitrogen functional groups attached to an aromatic ring is 1. The molecule has 3 aliphatic carbocycles. The number of fused-ring (bicyclic) bond motifs is 5. The minimum Gasteiger partial charge on any atom is -0.423 e. The molecule has 4 heteroatoms. The topological polar surface area (TPSA) is 69.4 Å². The Balaban J connectivity index is 1.36. The van der Waals surface area contributed by atoms with Crippen molar-refractivity contribution >= 4 is 17.4 Å². The molecule has 0 aromatic heterocycles. The lowest BCUT2D eigenvalue weighted by atomic mass is 9.55. The molecule has 0 unspecified atom stereocenters. The molecule has 2 saturated carbocycles. The Labute approximate surface area is 171 Å². The van der Waals surface area contributed by atoms with E-state index in [1.165, 1.54) is 11.1 Å². The number of rotatable bonds is 2. The zero-order chi connectivity index (χ0) is 20.2. The molecule has 0 spiro atoms. The largest absolute Gasteiger partial charge is 0.423 e. The van der Waals surface area contributed by atoms with E-state index in [2.05, 4.69) is 13.0 Å². The highest BCUT2D eigenvalue weighted by Gasteiger charge is 2.54. The first-order valence-corrected chi connectivity index (χ1v) is 10.7. The van der Waals surface area contributed by atoms with Crippen LogP contribution in [0.3, 0.4) is 0 Å². The minimum absolute atomic E-state index is 0.0901. The molecule has 0 radical (unpaired) electrons. The van der Waals surface area contributed by atoms with Gasteiger partial charge in [0.2, 0.25) is 0 Å². The van der Waals surface area contributed by atoms with Gasteiger partial charge in [0.1, 0.15) is 11.5 Å². The number of ether oxygens (including phenoxy) is 1. The number of hydrogen-bond acceptors (Lipinski definition) is 4. The van der Waals surface area contributed by atoms with Gasteiger partial charge in [-0.15, -0.1) is 0 Å². The number of anilines is 1. The van der Waals surface area contributed by atoms with Gasteiger partial charge >= 0.3 is 5.97 Å². The predicted octanol–water partition coefficient (Wildman–Crippen LogP) is 4.91. The van der Waals surface area contributed by atoms with Crippen LogP contribution >= 0.6 is 0 Å². The van der Waals surface area contributed by atoms with Crippen molar-refractivity contribution in [2.24, 2.45) is 17.3 Å². The second-order valence-corrected chi connectivity index (χ2v) is 9.21. The highest BCUT2D eigenvalue weighted by atomic mass is 16.5. The molecule has 0 saturated heterocycles. The molecule has 5 rings (SSSR count). The van der Waals surface area contributed by atoms with E-state index in [0.29, 0.717) is 40.5 Å². The Kier molecular flexibility index (Phi) is 4.27. The van der Waals surface area contributed by atoms with Crippen LogP contribution in [0.1, 0.15) is 66.4 Å². The summed E-state index contributed by atoms with van der Waals surface area (Å²) in [4.78, 5) is 24.9. The normalized spacial score (nSPS) is 30.2. The van der Waals surface area contributed by atoms with Crippen LogP contribution in [0, 0.1) is 17.3 Å². The van der Waals surface area contributed by atoms with Gasteiger partial charge in [0.05, 0.1) is 5.56 Å². The summed E-state index contributed by atoms with van der Waals surface area (Å²) in [6.07, 6.45) is 6.03. The maximum Gasteiger partial charge on any atom is 0.343 e. The fraction of sp³-hybridized carbons (Fsp3) is 0.440. The highest BCUT2D eigenvalue weighted by Crippen LogP contribution is 2.59. The van der Waals surface area contributed by atoms with Gasteiger partial charge in [-0.05, 0) is 97.4 Å². The Hall–Kier alpha value is -2.62. The summed E-state index contributed by atoms with van der Waals surface area (Å²) < 4.78 is 5.62. The third kappa shape index (κ3) is 2.97. The number of carbonyl (C=O) groups excluding carboxylic acids is 2. The number of aryl methyl sites for hydroxylation is 1. The molecule has 2 fully saturated rings. The van der Waals surface area contributed by atoms with Crippen LogP contribution in [-0.2, 0) is 11.2 Å². The summed E-state index contributed by atoms with van der Waals surface area (Å²) in [5.41, 5.74) is 9.41. The smallest absolute Gasteiger partial charge is 0.343 e. The van der Waals surface area contributed by atoms with E-state index in [1.807, 2.05) is 12.1 Å². The fourth-order valence-corrected chi connectivity index (χ4v) is 6.18. The Bertz CT molecular complexity index is 980. The molecule has 2 aromatic rings. The van der Waals surface area contributed by atoms with Crippen LogP contribution in [0.15, 0.2) is 42.5 Å². The van der Waals surface area contributed by atoms with Gasteiger partial charge in [-0.3, -0.25) is 4.79 Å². The maximum absolute atomic E-state index is 12.5. The van der Waals surface area contributed by atoms with Crippen molar-refractivity contribution in [2.75, 3.05) is 5.73 Å². The lowest BCUT2D eigenvalue weighted by molar-refractivity contribution is -0.129. The Morgan fingerprint density at radius 1 is 1.07 bits per heavy atom. The number of Topliss-reactive ketones (excluding diaryl/α,β-unsaturated/α-hetero) is 1. The van der Waals surface area contributed by atoms with Gasteiger partial charge in [0.25, 0.3) is 0 Å².